The third kappa shape index (κ3) is 8.09. The maximum atomic E-state index is 8.17. The van der Waals surface area contributed by atoms with Crippen molar-refractivity contribution in [2.24, 2.45) is 0 Å². The fourth-order valence-electron chi connectivity index (χ4n) is 5.81. The van der Waals surface area contributed by atoms with Gasteiger partial charge >= 0.3 is 0 Å². The van der Waals surface area contributed by atoms with Crippen LogP contribution in [0.15, 0.2) is 54.6 Å². The van der Waals surface area contributed by atoms with E-state index in [4.69, 9.17) is 11.1 Å². The zero-order valence-electron chi connectivity index (χ0n) is 25.1. The van der Waals surface area contributed by atoms with Crippen molar-refractivity contribution in [2.75, 3.05) is 0 Å². The van der Waals surface area contributed by atoms with Gasteiger partial charge in [0.2, 0.25) is 7.38 Å². The lowest BCUT2D eigenvalue weighted by molar-refractivity contribution is 0.661. The highest BCUT2D eigenvalue weighted by atomic mass is 35.6. The smallest absolute Gasteiger partial charge is 0.149 e. The molecular formula is C36H51ClSi. The summed E-state index contributed by atoms with van der Waals surface area (Å²) in [6, 6.07) is 21.7. The van der Waals surface area contributed by atoms with Gasteiger partial charge in [-0.05, 0) is 90.2 Å². The molecule has 1 atom stereocenters. The van der Waals surface area contributed by atoms with Gasteiger partial charge in [0.1, 0.15) is 0 Å². The molecule has 0 aromatic heterocycles. The maximum absolute atomic E-state index is 8.17. The molecule has 2 heteroatoms. The van der Waals surface area contributed by atoms with E-state index in [2.05, 4.69) is 96.1 Å². The third-order valence-corrected chi connectivity index (χ3v) is 13.2. The molecular weight excluding hydrogens is 496 g/mol. The van der Waals surface area contributed by atoms with Gasteiger partial charge in [0.05, 0.1) is 0 Å². The van der Waals surface area contributed by atoms with Gasteiger partial charge in [0.25, 0.3) is 0 Å². The average molecular weight is 547 g/mol. The maximum Gasteiger partial charge on any atom is 0.247 e. The highest BCUT2D eigenvalue weighted by Crippen LogP contribution is 2.21. The summed E-state index contributed by atoms with van der Waals surface area (Å²) in [5.74, 6) is 0. The van der Waals surface area contributed by atoms with Crippen molar-refractivity contribution in [2.45, 2.75) is 119 Å². The fourth-order valence-corrected chi connectivity index (χ4v) is 10.2. The Morgan fingerprint density at radius 2 is 0.868 bits per heavy atom. The molecule has 0 N–H and O–H groups in total. The largest absolute Gasteiger partial charge is 0.247 e. The molecule has 0 saturated carbocycles. The van der Waals surface area contributed by atoms with E-state index in [0.29, 0.717) is 0 Å². The number of rotatable bonds is 15. The van der Waals surface area contributed by atoms with E-state index in [1.165, 1.54) is 100 Å². The van der Waals surface area contributed by atoms with Crippen molar-refractivity contribution >= 4 is 34.0 Å². The second-order valence-electron chi connectivity index (χ2n) is 11.4. The second kappa shape index (κ2) is 15.1. The van der Waals surface area contributed by atoms with Gasteiger partial charge < -0.3 is 0 Å². The van der Waals surface area contributed by atoms with Gasteiger partial charge in [-0.15, -0.1) is 11.1 Å². The Hall–Kier alpha value is -1.83. The van der Waals surface area contributed by atoms with Gasteiger partial charge in [0, 0.05) is 0 Å². The van der Waals surface area contributed by atoms with Crippen molar-refractivity contribution < 1.29 is 0 Å². The van der Waals surface area contributed by atoms with Crippen LogP contribution in [0.3, 0.4) is 0 Å². The predicted octanol–water partition coefficient (Wildman–Crippen LogP) is 8.88. The molecule has 206 valence electrons. The zero-order chi connectivity index (χ0) is 27.5. The van der Waals surface area contributed by atoms with Crippen molar-refractivity contribution in [3.05, 3.63) is 88.0 Å². The lowest BCUT2D eigenvalue weighted by Crippen LogP contribution is -2.63. The van der Waals surface area contributed by atoms with Gasteiger partial charge in [0.15, 0.2) is 0 Å². The summed E-state index contributed by atoms with van der Waals surface area (Å²) in [6.45, 7) is 13.5. The van der Waals surface area contributed by atoms with Crippen LogP contribution in [0.1, 0.15) is 112 Å². The Kier molecular flexibility index (Phi) is 12.2. The SMILES string of the molecule is CCCCCCc1cc(CCCCCC)cc([Si](Cl)(c2cc(C)cc(C)c2)c2cc(CC)cc(CC)c2)c1. The van der Waals surface area contributed by atoms with E-state index >= 15 is 0 Å². The van der Waals surface area contributed by atoms with Gasteiger partial charge in [-0.2, -0.15) is 0 Å². The molecule has 0 bridgehead atoms. The third-order valence-electron chi connectivity index (χ3n) is 7.97. The van der Waals surface area contributed by atoms with Gasteiger partial charge in [-0.1, -0.05) is 132 Å². The fraction of sp³-hybridized carbons (Fsp3) is 0.500. The first-order valence-corrected chi connectivity index (χ1v) is 18.4. The molecule has 0 spiro atoms. The van der Waals surface area contributed by atoms with Crippen LogP contribution in [-0.2, 0) is 25.7 Å². The summed E-state index contributed by atoms with van der Waals surface area (Å²) >= 11 is 8.17. The van der Waals surface area contributed by atoms with Crippen LogP contribution in [0, 0.1) is 13.8 Å². The summed E-state index contributed by atoms with van der Waals surface area (Å²) in [4.78, 5) is 0. The molecule has 3 rings (SSSR count). The van der Waals surface area contributed by atoms with Crippen LogP contribution in [0.5, 0.6) is 0 Å². The molecule has 0 aliphatic heterocycles. The van der Waals surface area contributed by atoms with Crippen molar-refractivity contribution in [1.29, 1.82) is 0 Å². The minimum absolute atomic E-state index is 1.04. The lowest BCUT2D eigenvalue weighted by atomic mass is 10.0. The quantitative estimate of drug-likeness (QED) is 0.0772. The Morgan fingerprint density at radius 1 is 0.474 bits per heavy atom. The topological polar surface area (TPSA) is 0 Å². The minimum atomic E-state index is -2.74. The van der Waals surface area contributed by atoms with Crippen molar-refractivity contribution in [1.82, 2.24) is 0 Å². The molecule has 0 saturated heterocycles. The van der Waals surface area contributed by atoms with Crippen molar-refractivity contribution in [3.8, 4) is 0 Å². The van der Waals surface area contributed by atoms with E-state index in [1.54, 1.807) is 0 Å². The lowest BCUT2D eigenvalue weighted by Gasteiger charge is -2.29. The Morgan fingerprint density at radius 3 is 1.29 bits per heavy atom. The van der Waals surface area contributed by atoms with Crippen LogP contribution in [0.2, 0.25) is 0 Å². The standard InChI is InChI=1S/C36H51ClSi/c1-7-11-13-15-17-32-23-33(18-16-14-12-8-2)27-36(26-32)38(37,34-20-28(5)19-29(6)21-34)35-24-30(9-3)22-31(10-4)25-35/h19-27H,7-18H2,1-6H3. The number of halogens is 1. The summed E-state index contributed by atoms with van der Waals surface area (Å²) < 4.78 is 0. The molecule has 1 unspecified atom stereocenters. The molecule has 38 heavy (non-hydrogen) atoms. The summed E-state index contributed by atoms with van der Waals surface area (Å²) in [5.41, 5.74) is 8.36. The van der Waals surface area contributed by atoms with Crippen LogP contribution in [0.25, 0.3) is 0 Å². The van der Waals surface area contributed by atoms with E-state index in [9.17, 15) is 0 Å². The van der Waals surface area contributed by atoms with E-state index in [-0.39, 0.29) is 0 Å². The number of aryl methyl sites for hydroxylation is 6. The van der Waals surface area contributed by atoms with E-state index in [0.717, 1.165) is 25.7 Å². The molecule has 3 aromatic carbocycles. The number of hydrogen-bond donors (Lipinski definition) is 0. The predicted molar refractivity (Wildman–Crippen MR) is 174 cm³/mol. The molecule has 0 aliphatic rings. The first kappa shape index (κ1) is 30.7. The summed E-state index contributed by atoms with van der Waals surface area (Å²) in [6.07, 6.45) is 14.7. The van der Waals surface area contributed by atoms with Gasteiger partial charge in [-0.3, -0.25) is 0 Å². The number of unbranched alkanes of at least 4 members (excludes halogenated alkanes) is 6. The van der Waals surface area contributed by atoms with Crippen molar-refractivity contribution in [3.63, 3.8) is 0 Å². The Bertz CT molecular complexity index is 1090. The van der Waals surface area contributed by atoms with Crippen LogP contribution in [0.4, 0.5) is 0 Å². The highest BCUT2D eigenvalue weighted by molar-refractivity contribution is 7.40. The summed E-state index contributed by atoms with van der Waals surface area (Å²) in [5, 5.41) is 4.05. The van der Waals surface area contributed by atoms with Crippen LogP contribution in [-0.4, -0.2) is 7.38 Å². The zero-order valence-corrected chi connectivity index (χ0v) is 26.8. The van der Waals surface area contributed by atoms with E-state index < -0.39 is 7.38 Å². The van der Waals surface area contributed by atoms with Crippen LogP contribution >= 0.6 is 11.1 Å². The number of hydrogen-bond acceptors (Lipinski definition) is 0. The Balaban J connectivity index is 2.20. The minimum Gasteiger partial charge on any atom is -0.149 e. The Labute approximate surface area is 240 Å². The molecule has 0 heterocycles. The molecule has 0 nitrogen and oxygen atoms in total. The average Bonchev–Trinajstić information content (AvgIpc) is 2.92. The number of benzene rings is 3. The first-order chi connectivity index (χ1) is 18.3. The van der Waals surface area contributed by atoms with Crippen LogP contribution < -0.4 is 15.6 Å². The monoisotopic (exact) mass is 546 g/mol. The van der Waals surface area contributed by atoms with E-state index in [1.807, 2.05) is 0 Å². The molecule has 0 aliphatic carbocycles. The van der Waals surface area contributed by atoms with Gasteiger partial charge in [-0.25, -0.2) is 0 Å². The second-order valence-corrected chi connectivity index (χ2v) is 16.2. The molecule has 3 aromatic rings. The summed E-state index contributed by atoms with van der Waals surface area (Å²) in [7, 11) is -2.74. The molecule has 0 fully saturated rings. The highest BCUT2D eigenvalue weighted by Gasteiger charge is 2.39. The normalized spacial score (nSPS) is 13.0. The molecule has 0 radical (unpaired) electrons. The first-order valence-electron chi connectivity index (χ1n) is 15.4. The molecule has 0 amide bonds.